The van der Waals surface area contributed by atoms with Gasteiger partial charge in [-0.3, -0.25) is 0 Å². The van der Waals surface area contributed by atoms with Crippen LogP contribution >= 0.6 is 0 Å². The van der Waals surface area contributed by atoms with Crippen molar-refractivity contribution in [1.82, 2.24) is 9.91 Å². The van der Waals surface area contributed by atoms with E-state index in [2.05, 4.69) is 11.2 Å². The molecule has 1 saturated heterocycles. The van der Waals surface area contributed by atoms with E-state index in [0.29, 0.717) is 25.1 Å². The number of nitriles is 1. The van der Waals surface area contributed by atoms with Crippen molar-refractivity contribution in [2.24, 2.45) is 10.5 Å². The molecule has 0 unspecified atom stereocenters. The topological polar surface area (TPSA) is 59.7 Å². The summed E-state index contributed by atoms with van der Waals surface area (Å²) in [5, 5.41) is 14.2. The van der Waals surface area contributed by atoms with Gasteiger partial charge in [-0.1, -0.05) is 0 Å². The molecule has 0 saturated carbocycles. The van der Waals surface area contributed by atoms with Gasteiger partial charge in [-0.15, -0.1) is 0 Å². The molecule has 0 aromatic heterocycles. The fourth-order valence-corrected chi connectivity index (χ4v) is 2.79. The van der Waals surface area contributed by atoms with E-state index < -0.39 is 23.1 Å². The number of hydrazone groups is 1. The molecule has 1 aromatic carbocycles. The summed E-state index contributed by atoms with van der Waals surface area (Å²) in [6, 6.07) is 4.49. The van der Waals surface area contributed by atoms with Crippen molar-refractivity contribution in [2.75, 3.05) is 13.1 Å². The summed E-state index contributed by atoms with van der Waals surface area (Å²) in [6.45, 7) is 2.45. The number of hydrogen-bond donors (Lipinski definition) is 0. The molecular formula is C15H14F2N4O. The monoisotopic (exact) mass is 304 g/mol. The van der Waals surface area contributed by atoms with Crippen LogP contribution in [0.15, 0.2) is 23.3 Å². The first-order chi connectivity index (χ1) is 10.4. The average Bonchev–Trinajstić information content (AvgIpc) is 2.91. The van der Waals surface area contributed by atoms with Crippen molar-refractivity contribution in [3.8, 4) is 6.07 Å². The predicted octanol–water partition coefficient (Wildman–Crippen LogP) is 2.66. The van der Waals surface area contributed by atoms with Gasteiger partial charge in [-0.2, -0.15) is 10.4 Å². The molecular weight excluding hydrogens is 290 g/mol. The summed E-state index contributed by atoms with van der Waals surface area (Å²) in [5.41, 5.74) is -0.161. The maximum absolute atomic E-state index is 13.4. The third-order valence-corrected chi connectivity index (χ3v) is 3.92. The van der Waals surface area contributed by atoms with Crippen molar-refractivity contribution in [2.45, 2.75) is 19.4 Å². The number of amides is 2. The van der Waals surface area contributed by atoms with Crippen molar-refractivity contribution < 1.29 is 13.6 Å². The van der Waals surface area contributed by atoms with E-state index in [-0.39, 0.29) is 6.03 Å². The molecule has 0 bridgehead atoms. The molecule has 2 amide bonds. The van der Waals surface area contributed by atoms with Crippen LogP contribution in [-0.2, 0) is 0 Å². The number of carbonyl (C=O) groups excluding carboxylic acids is 1. The minimum Gasteiger partial charge on any atom is -0.320 e. The van der Waals surface area contributed by atoms with Gasteiger partial charge >= 0.3 is 6.03 Å². The van der Waals surface area contributed by atoms with Gasteiger partial charge in [0.2, 0.25) is 0 Å². The predicted molar refractivity (Wildman–Crippen MR) is 74.7 cm³/mol. The summed E-state index contributed by atoms with van der Waals surface area (Å²) in [4.78, 5) is 13.9. The lowest BCUT2D eigenvalue weighted by atomic mass is 9.84. The van der Waals surface area contributed by atoms with E-state index in [4.69, 9.17) is 5.26 Å². The third kappa shape index (κ3) is 2.41. The van der Waals surface area contributed by atoms with Crippen LogP contribution in [0.5, 0.6) is 0 Å². The second-order valence-electron chi connectivity index (χ2n) is 5.91. The van der Waals surface area contributed by atoms with Crippen molar-refractivity contribution in [1.29, 1.82) is 5.26 Å². The lowest BCUT2D eigenvalue weighted by Crippen LogP contribution is -2.59. The Balaban J connectivity index is 1.78. The van der Waals surface area contributed by atoms with E-state index in [0.717, 1.165) is 6.07 Å². The van der Waals surface area contributed by atoms with Crippen LogP contribution in [0.25, 0.3) is 0 Å². The Kier molecular flexibility index (Phi) is 3.32. The highest BCUT2D eigenvalue weighted by atomic mass is 19.1. The zero-order valence-electron chi connectivity index (χ0n) is 12.0. The van der Waals surface area contributed by atoms with Gasteiger partial charge in [0.1, 0.15) is 11.6 Å². The van der Waals surface area contributed by atoms with Crippen LogP contribution in [0.3, 0.4) is 0 Å². The van der Waals surface area contributed by atoms with Crippen LogP contribution in [-0.4, -0.2) is 35.2 Å². The van der Waals surface area contributed by atoms with Gasteiger partial charge in [-0.25, -0.2) is 18.6 Å². The molecule has 1 fully saturated rings. The quantitative estimate of drug-likeness (QED) is 0.801. The van der Waals surface area contributed by atoms with Crippen LogP contribution < -0.4 is 0 Å². The van der Waals surface area contributed by atoms with Crippen LogP contribution in [0, 0.1) is 28.4 Å². The minimum atomic E-state index is -0.685. The van der Waals surface area contributed by atoms with Crippen LogP contribution in [0.1, 0.15) is 24.9 Å². The van der Waals surface area contributed by atoms with Gasteiger partial charge < -0.3 is 4.90 Å². The average molecular weight is 304 g/mol. The zero-order valence-corrected chi connectivity index (χ0v) is 12.0. The Hall–Kier alpha value is -2.49. The first-order valence-electron chi connectivity index (χ1n) is 6.90. The lowest BCUT2D eigenvalue weighted by molar-refractivity contribution is 0.0592. The first-order valence-corrected chi connectivity index (χ1v) is 6.90. The molecule has 1 atom stereocenters. The highest BCUT2D eigenvalue weighted by Crippen LogP contribution is 2.34. The molecule has 2 aliphatic rings. The van der Waals surface area contributed by atoms with Crippen molar-refractivity contribution >= 4 is 12.2 Å². The van der Waals surface area contributed by atoms with E-state index in [1.165, 1.54) is 22.0 Å². The Morgan fingerprint density at radius 3 is 2.59 bits per heavy atom. The number of hydrogen-bond acceptors (Lipinski definition) is 3. The summed E-state index contributed by atoms with van der Waals surface area (Å²) in [5.74, 6) is -1.37. The van der Waals surface area contributed by atoms with Crippen molar-refractivity contribution in [3.05, 3.63) is 35.4 Å². The summed E-state index contributed by atoms with van der Waals surface area (Å²) in [6.07, 6.45) is 1.95. The third-order valence-electron chi connectivity index (χ3n) is 3.92. The van der Waals surface area contributed by atoms with E-state index in [1.54, 1.807) is 13.1 Å². The molecule has 5 nitrogen and oxygen atoms in total. The molecule has 114 valence electrons. The number of urea groups is 1. The maximum atomic E-state index is 13.4. The largest absolute Gasteiger partial charge is 0.341 e. The van der Waals surface area contributed by atoms with Crippen LogP contribution in [0.4, 0.5) is 13.6 Å². The number of benzene rings is 1. The summed E-state index contributed by atoms with van der Waals surface area (Å²) < 4.78 is 26.7. The maximum Gasteiger partial charge on any atom is 0.341 e. The van der Waals surface area contributed by atoms with Gasteiger partial charge in [0.05, 0.1) is 17.5 Å². The molecule has 0 spiro atoms. The van der Waals surface area contributed by atoms with Crippen molar-refractivity contribution in [3.63, 3.8) is 0 Å². The van der Waals surface area contributed by atoms with E-state index >= 15 is 0 Å². The molecule has 2 aliphatic heterocycles. The fourth-order valence-electron chi connectivity index (χ4n) is 2.79. The Bertz CT molecular complexity index is 671. The minimum absolute atomic E-state index is 0.332. The number of rotatable bonds is 1. The van der Waals surface area contributed by atoms with Gasteiger partial charge in [0.15, 0.2) is 0 Å². The SMILES string of the molecule is CC1(C#N)CN(C(=O)N2N=CC[C@H]2c2cc(F)cc(F)c2)C1. The second kappa shape index (κ2) is 5.05. The highest BCUT2D eigenvalue weighted by molar-refractivity contribution is 5.79. The summed E-state index contributed by atoms with van der Waals surface area (Å²) in [7, 11) is 0. The second-order valence-corrected chi connectivity index (χ2v) is 5.91. The number of carbonyl (C=O) groups is 1. The molecule has 0 aliphatic carbocycles. The number of likely N-dealkylation sites (tertiary alicyclic amines) is 1. The lowest BCUT2D eigenvalue weighted by Gasteiger charge is -2.44. The van der Waals surface area contributed by atoms with Crippen LogP contribution in [0.2, 0.25) is 0 Å². The Morgan fingerprint density at radius 2 is 2.00 bits per heavy atom. The first kappa shape index (κ1) is 14.4. The Morgan fingerprint density at radius 1 is 1.36 bits per heavy atom. The zero-order chi connectivity index (χ0) is 15.9. The molecule has 2 heterocycles. The summed E-state index contributed by atoms with van der Waals surface area (Å²) >= 11 is 0. The normalized spacial score (nSPS) is 22.4. The number of halogens is 2. The molecule has 1 aromatic rings. The Labute approximate surface area is 126 Å². The fraction of sp³-hybridized carbons (Fsp3) is 0.400. The number of nitrogens with zero attached hydrogens (tertiary/aromatic N) is 4. The van der Waals surface area contributed by atoms with Gasteiger partial charge in [-0.05, 0) is 24.6 Å². The van der Waals surface area contributed by atoms with Gasteiger partial charge in [0, 0.05) is 31.8 Å². The smallest absolute Gasteiger partial charge is 0.320 e. The highest BCUT2D eigenvalue weighted by Gasteiger charge is 2.44. The molecule has 0 N–H and O–H groups in total. The van der Waals surface area contributed by atoms with Gasteiger partial charge in [0.25, 0.3) is 0 Å². The molecule has 7 heteroatoms. The molecule has 0 radical (unpaired) electrons. The standard InChI is InChI=1S/C15H14F2N4O/c1-15(7-18)8-20(9-15)14(22)21-13(2-3-19-21)10-4-11(16)6-12(17)5-10/h3-6,13H,2,8-9H2,1H3/t13-/m0/s1. The molecule has 3 rings (SSSR count). The van der Waals surface area contributed by atoms with E-state index in [9.17, 15) is 13.6 Å². The van der Waals surface area contributed by atoms with E-state index in [1.807, 2.05) is 0 Å². The molecule has 22 heavy (non-hydrogen) atoms.